The van der Waals surface area contributed by atoms with E-state index in [1.807, 2.05) is 28.9 Å². The van der Waals surface area contributed by atoms with Crippen molar-refractivity contribution in [2.75, 3.05) is 13.2 Å². The minimum absolute atomic E-state index is 0.105. The van der Waals surface area contributed by atoms with Gasteiger partial charge in [-0.25, -0.2) is 4.98 Å². The molecule has 0 saturated heterocycles. The largest absolute Gasteiger partial charge is 0.494 e. The van der Waals surface area contributed by atoms with Crippen LogP contribution in [-0.2, 0) is 11.3 Å². The molecule has 3 rings (SSSR count). The fraction of sp³-hybridized carbons (Fsp3) is 0.286. The Hall–Kier alpha value is -2.87. The number of unbranched alkanes of at least 4 members (excludes halogenated alkanes) is 1. The Morgan fingerprint density at radius 1 is 1.10 bits per heavy atom. The second kappa shape index (κ2) is 10.1. The Bertz CT molecular complexity index is 985. The first-order chi connectivity index (χ1) is 14.0. The molecule has 8 heteroatoms. The van der Waals surface area contributed by atoms with Crippen LogP contribution in [0.25, 0.3) is 5.65 Å². The number of ether oxygens (including phenoxy) is 1. The number of hydrogen-bond donors (Lipinski definition) is 2. The minimum Gasteiger partial charge on any atom is -0.494 e. The van der Waals surface area contributed by atoms with Crippen LogP contribution in [-0.4, -0.2) is 34.4 Å². The third-order valence-corrected chi connectivity index (χ3v) is 4.69. The van der Waals surface area contributed by atoms with Crippen molar-refractivity contribution < 1.29 is 14.3 Å². The Morgan fingerprint density at radius 3 is 2.66 bits per heavy atom. The lowest BCUT2D eigenvalue weighted by Gasteiger charge is -2.08. The maximum Gasteiger partial charge on any atom is 0.251 e. The Morgan fingerprint density at radius 2 is 1.90 bits per heavy atom. The van der Waals surface area contributed by atoms with Gasteiger partial charge in [0.15, 0.2) is 0 Å². The third kappa shape index (κ3) is 6.05. The summed E-state index contributed by atoms with van der Waals surface area (Å²) in [5.41, 5.74) is 2.01. The van der Waals surface area contributed by atoms with E-state index in [-0.39, 0.29) is 24.9 Å². The first-order valence-electron chi connectivity index (χ1n) is 9.46. The Labute approximate surface area is 177 Å². The van der Waals surface area contributed by atoms with Crippen molar-refractivity contribution in [3.8, 4) is 5.75 Å². The zero-order valence-electron chi connectivity index (χ0n) is 16.2. The number of rotatable bonds is 9. The van der Waals surface area contributed by atoms with Gasteiger partial charge in [0.2, 0.25) is 5.91 Å². The van der Waals surface area contributed by atoms with Crippen LogP contribution < -0.4 is 15.4 Å². The van der Waals surface area contributed by atoms with Gasteiger partial charge < -0.3 is 19.8 Å². The molecular formula is C21H23BrN4O3. The molecule has 7 nitrogen and oxygen atoms in total. The number of amides is 2. The molecule has 0 aliphatic heterocycles. The van der Waals surface area contributed by atoms with Crippen molar-refractivity contribution in [1.29, 1.82) is 0 Å². The average molecular weight is 459 g/mol. The van der Waals surface area contributed by atoms with Gasteiger partial charge in [0.25, 0.3) is 5.91 Å². The molecule has 29 heavy (non-hydrogen) atoms. The fourth-order valence-electron chi connectivity index (χ4n) is 2.65. The van der Waals surface area contributed by atoms with E-state index >= 15 is 0 Å². The molecule has 0 bridgehead atoms. The highest BCUT2D eigenvalue weighted by molar-refractivity contribution is 9.10. The molecule has 0 fully saturated rings. The predicted molar refractivity (Wildman–Crippen MR) is 114 cm³/mol. The summed E-state index contributed by atoms with van der Waals surface area (Å²) in [7, 11) is 0. The van der Waals surface area contributed by atoms with E-state index in [9.17, 15) is 9.59 Å². The van der Waals surface area contributed by atoms with E-state index in [1.165, 1.54) is 0 Å². The number of pyridine rings is 1. The number of halogens is 1. The van der Waals surface area contributed by atoms with Crippen molar-refractivity contribution in [3.05, 3.63) is 64.5 Å². The van der Waals surface area contributed by atoms with Crippen molar-refractivity contribution in [3.63, 3.8) is 0 Å². The standard InChI is InChI=1S/C21H23BrN4O3/c1-2-3-10-29-18-7-4-15(5-8-18)21(28)24-12-20(27)23-11-17-14-26-13-16(22)6-9-19(26)25-17/h4-9,13-14H,2-3,10-12H2,1H3,(H,23,27)(H,24,28). The highest BCUT2D eigenvalue weighted by atomic mass is 79.9. The van der Waals surface area contributed by atoms with Crippen LogP contribution >= 0.6 is 15.9 Å². The average Bonchev–Trinajstić information content (AvgIpc) is 3.13. The number of benzene rings is 1. The van der Waals surface area contributed by atoms with E-state index in [0.29, 0.717) is 12.2 Å². The van der Waals surface area contributed by atoms with Gasteiger partial charge in [0.05, 0.1) is 25.4 Å². The number of fused-ring (bicyclic) bond motifs is 1. The number of nitrogens with one attached hydrogen (secondary N) is 2. The van der Waals surface area contributed by atoms with E-state index in [2.05, 4.69) is 38.5 Å². The number of hydrogen-bond acceptors (Lipinski definition) is 4. The van der Waals surface area contributed by atoms with E-state index < -0.39 is 0 Å². The SMILES string of the molecule is CCCCOc1ccc(C(=O)NCC(=O)NCc2cn3cc(Br)ccc3n2)cc1. The number of carbonyl (C=O) groups is 2. The second-order valence-corrected chi connectivity index (χ2v) is 7.45. The predicted octanol–water partition coefficient (Wildman–Crippen LogP) is 3.32. The molecule has 1 aromatic carbocycles. The van der Waals surface area contributed by atoms with Crippen LogP contribution in [0.1, 0.15) is 35.8 Å². The Balaban J connectivity index is 1.44. The smallest absolute Gasteiger partial charge is 0.251 e. The molecule has 0 unspecified atom stereocenters. The maximum atomic E-state index is 12.2. The highest BCUT2D eigenvalue weighted by Gasteiger charge is 2.09. The number of aromatic nitrogens is 2. The summed E-state index contributed by atoms with van der Waals surface area (Å²) in [6.45, 7) is 2.94. The van der Waals surface area contributed by atoms with Crippen LogP contribution in [0.4, 0.5) is 0 Å². The molecule has 0 atom stereocenters. The van der Waals surface area contributed by atoms with Crippen LogP contribution in [0, 0.1) is 0 Å². The summed E-state index contributed by atoms with van der Waals surface area (Å²) in [6, 6.07) is 10.7. The normalized spacial score (nSPS) is 10.7. The van der Waals surface area contributed by atoms with Crippen molar-refractivity contribution in [1.82, 2.24) is 20.0 Å². The quantitative estimate of drug-likeness (QED) is 0.481. The van der Waals surface area contributed by atoms with Crippen LogP contribution in [0.2, 0.25) is 0 Å². The number of imidazole rings is 1. The van der Waals surface area contributed by atoms with E-state index in [4.69, 9.17) is 4.74 Å². The van der Waals surface area contributed by atoms with Gasteiger partial charge in [0, 0.05) is 22.4 Å². The van der Waals surface area contributed by atoms with Gasteiger partial charge in [-0.15, -0.1) is 0 Å². The first kappa shape index (κ1) is 20.9. The molecule has 2 N–H and O–H groups in total. The monoisotopic (exact) mass is 458 g/mol. The van der Waals surface area contributed by atoms with E-state index in [0.717, 1.165) is 34.4 Å². The van der Waals surface area contributed by atoms with Gasteiger partial charge in [-0.2, -0.15) is 0 Å². The molecular weight excluding hydrogens is 436 g/mol. The van der Waals surface area contributed by atoms with Crippen LogP contribution in [0.3, 0.4) is 0 Å². The number of nitrogens with zero attached hydrogens (tertiary/aromatic N) is 2. The van der Waals surface area contributed by atoms with Gasteiger partial charge >= 0.3 is 0 Å². The Kier molecular flexibility index (Phi) is 7.24. The molecule has 3 aromatic rings. The third-order valence-electron chi connectivity index (χ3n) is 4.22. The van der Waals surface area contributed by atoms with Crippen LogP contribution in [0.15, 0.2) is 53.3 Å². The molecule has 0 aliphatic rings. The number of carbonyl (C=O) groups excluding carboxylic acids is 2. The van der Waals surface area contributed by atoms with Gasteiger partial charge in [-0.3, -0.25) is 9.59 Å². The molecule has 0 spiro atoms. The summed E-state index contributed by atoms with van der Waals surface area (Å²) in [5.74, 6) is 0.140. The van der Waals surface area contributed by atoms with Crippen LogP contribution in [0.5, 0.6) is 5.75 Å². The lowest BCUT2D eigenvalue weighted by molar-refractivity contribution is -0.120. The lowest BCUT2D eigenvalue weighted by Crippen LogP contribution is -2.36. The molecule has 2 amide bonds. The fourth-order valence-corrected chi connectivity index (χ4v) is 3.01. The molecule has 152 valence electrons. The molecule has 0 aliphatic carbocycles. The van der Waals surface area contributed by atoms with Crippen molar-refractivity contribution in [2.24, 2.45) is 0 Å². The second-order valence-electron chi connectivity index (χ2n) is 6.53. The molecule has 2 heterocycles. The van der Waals surface area contributed by atoms with Gasteiger partial charge in [-0.1, -0.05) is 13.3 Å². The highest BCUT2D eigenvalue weighted by Crippen LogP contribution is 2.13. The van der Waals surface area contributed by atoms with Gasteiger partial charge in [-0.05, 0) is 58.7 Å². The summed E-state index contributed by atoms with van der Waals surface area (Å²) in [5, 5.41) is 5.38. The maximum absolute atomic E-state index is 12.2. The summed E-state index contributed by atoms with van der Waals surface area (Å²) in [6.07, 6.45) is 5.80. The zero-order valence-corrected chi connectivity index (χ0v) is 17.7. The van der Waals surface area contributed by atoms with Gasteiger partial charge in [0.1, 0.15) is 11.4 Å². The molecule has 2 aromatic heterocycles. The summed E-state index contributed by atoms with van der Waals surface area (Å²) in [4.78, 5) is 28.7. The topological polar surface area (TPSA) is 84.7 Å². The zero-order chi connectivity index (χ0) is 20.6. The lowest BCUT2D eigenvalue weighted by atomic mass is 10.2. The minimum atomic E-state index is -0.308. The molecule has 0 saturated carbocycles. The van der Waals surface area contributed by atoms with Crippen molar-refractivity contribution >= 4 is 33.4 Å². The van der Waals surface area contributed by atoms with Crippen molar-refractivity contribution in [2.45, 2.75) is 26.3 Å². The first-order valence-corrected chi connectivity index (χ1v) is 10.3. The summed E-state index contributed by atoms with van der Waals surface area (Å²) >= 11 is 3.41. The van der Waals surface area contributed by atoms with E-state index in [1.54, 1.807) is 24.3 Å². The summed E-state index contributed by atoms with van der Waals surface area (Å²) < 4.78 is 8.40. The molecule has 0 radical (unpaired) electrons.